The highest BCUT2D eigenvalue weighted by Crippen LogP contribution is 2.46. The van der Waals surface area contributed by atoms with E-state index in [1.807, 2.05) is 30.1 Å². The molecule has 1 aliphatic carbocycles. The lowest BCUT2D eigenvalue weighted by Crippen LogP contribution is -2.54. The number of hydrogen-bond donors (Lipinski definition) is 1. The Hall–Kier alpha value is -2.28. The number of hydrogen-bond acceptors (Lipinski definition) is 5. The third kappa shape index (κ3) is 3.92. The average Bonchev–Trinajstić information content (AvgIpc) is 2.83. The second-order valence-electron chi connectivity index (χ2n) is 9.73. The second-order valence-corrected chi connectivity index (χ2v) is 9.73. The number of benzene rings is 1. The summed E-state index contributed by atoms with van der Waals surface area (Å²) in [6, 6.07) is 5.58. The predicted octanol–water partition coefficient (Wildman–Crippen LogP) is 2.98. The van der Waals surface area contributed by atoms with Gasteiger partial charge in [0.25, 0.3) is 5.91 Å². The molecule has 7 nitrogen and oxygen atoms in total. The van der Waals surface area contributed by atoms with Gasteiger partial charge in [0.15, 0.2) is 11.5 Å². The van der Waals surface area contributed by atoms with Gasteiger partial charge in [0, 0.05) is 6.54 Å². The van der Waals surface area contributed by atoms with Crippen molar-refractivity contribution in [2.75, 3.05) is 26.9 Å². The predicted molar refractivity (Wildman–Crippen MR) is 109 cm³/mol. The fourth-order valence-electron chi connectivity index (χ4n) is 5.42. The van der Waals surface area contributed by atoms with Crippen LogP contribution < -0.4 is 14.8 Å². The van der Waals surface area contributed by atoms with Crippen LogP contribution in [0.4, 0.5) is 4.79 Å². The molecular formula is C22H31N3O4. The zero-order chi connectivity index (χ0) is 20.8. The average molecular weight is 402 g/mol. The van der Waals surface area contributed by atoms with Gasteiger partial charge >= 0.3 is 6.03 Å². The number of carbonyl (C=O) groups is 2. The zero-order valence-electron chi connectivity index (χ0n) is 17.8. The van der Waals surface area contributed by atoms with Gasteiger partial charge in [-0.1, -0.05) is 26.8 Å². The van der Waals surface area contributed by atoms with Gasteiger partial charge in [0.2, 0.25) is 0 Å². The molecule has 1 saturated heterocycles. The molecule has 0 unspecified atom stereocenters. The molecule has 4 rings (SSSR count). The molecule has 158 valence electrons. The number of carbonyl (C=O) groups excluding carboxylic acids is 2. The first kappa shape index (κ1) is 20.0. The van der Waals surface area contributed by atoms with Gasteiger partial charge in [-0.05, 0) is 55.3 Å². The van der Waals surface area contributed by atoms with Gasteiger partial charge < -0.3 is 14.8 Å². The minimum absolute atomic E-state index is 0.0354. The Morgan fingerprint density at radius 3 is 2.62 bits per heavy atom. The monoisotopic (exact) mass is 401 g/mol. The Morgan fingerprint density at radius 2 is 1.90 bits per heavy atom. The van der Waals surface area contributed by atoms with Crippen LogP contribution in [-0.2, 0) is 11.3 Å². The fourth-order valence-corrected chi connectivity index (χ4v) is 5.42. The van der Waals surface area contributed by atoms with Gasteiger partial charge in [0.1, 0.15) is 18.8 Å². The highest BCUT2D eigenvalue weighted by molar-refractivity contribution is 6.07. The van der Waals surface area contributed by atoms with E-state index in [-0.39, 0.29) is 24.0 Å². The number of imide groups is 1. The normalized spacial score (nSPS) is 28.2. The summed E-state index contributed by atoms with van der Waals surface area (Å²) >= 11 is 0. The van der Waals surface area contributed by atoms with Crippen molar-refractivity contribution >= 4 is 11.9 Å². The molecule has 3 aliphatic rings. The molecule has 29 heavy (non-hydrogen) atoms. The Labute approximate surface area is 172 Å². The van der Waals surface area contributed by atoms with E-state index in [0.29, 0.717) is 38.5 Å². The summed E-state index contributed by atoms with van der Waals surface area (Å²) in [6.45, 7) is 8.50. The van der Waals surface area contributed by atoms with E-state index in [1.165, 1.54) is 4.90 Å². The SMILES string of the molecule is C[C@H]1CC(C)(C)C[C@]2(C1)NC(=O)N(CN(C)Cc1ccc3c(c1)OCCO3)C2=O. The topological polar surface area (TPSA) is 71.1 Å². The number of nitrogens with zero attached hydrogens (tertiary/aromatic N) is 2. The maximum atomic E-state index is 13.3. The van der Waals surface area contributed by atoms with E-state index in [9.17, 15) is 9.59 Å². The highest BCUT2D eigenvalue weighted by atomic mass is 16.6. The van der Waals surface area contributed by atoms with Crippen molar-refractivity contribution in [1.29, 1.82) is 0 Å². The lowest BCUT2D eigenvalue weighted by atomic mass is 9.64. The second kappa shape index (κ2) is 7.20. The minimum Gasteiger partial charge on any atom is -0.486 e. The molecule has 2 heterocycles. The first-order chi connectivity index (χ1) is 13.7. The molecule has 1 aromatic carbocycles. The molecule has 0 bridgehead atoms. The molecule has 1 aromatic rings. The van der Waals surface area contributed by atoms with Crippen LogP contribution in [0.2, 0.25) is 0 Å². The van der Waals surface area contributed by atoms with Crippen LogP contribution in [0.3, 0.4) is 0 Å². The van der Waals surface area contributed by atoms with E-state index < -0.39 is 5.54 Å². The van der Waals surface area contributed by atoms with Crippen molar-refractivity contribution in [3.8, 4) is 11.5 Å². The van der Waals surface area contributed by atoms with Crippen LogP contribution in [-0.4, -0.2) is 54.2 Å². The number of ether oxygens (including phenoxy) is 2. The highest BCUT2D eigenvalue weighted by Gasteiger charge is 2.56. The van der Waals surface area contributed by atoms with E-state index in [1.54, 1.807) is 0 Å². The molecule has 1 saturated carbocycles. The first-order valence-corrected chi connectivity index (χ1v) is 10.4. The van der Waals surface area contributed by atoms with Gasteiger partial charge in [-0.25, -0.2) is 9.69 Å². The van der Waals surface area contributed by atoms with Gasteiger partial charge in [-0.3, -0.25) is 9.69 Å². The number of fused-ring (bicyclic) bond motifs is 1. The lowest BCUT2D eigenvalue weighted by molar-refractivity contribution is -0.136. The number of rotatable bonds is 4. The zero-order valence-corrected chi connectivity index (χ0v) is 17.8. The summed E-state index contributed by atoms with van der Waals surface area (Å²) in [7, 11) is 1.91. The molecule has 2 atom stereocenters. The van der Waals surface area contributed by atoms with Crippen LogP contribution in [0.25, 0.3) is 0 Å². The molecule has 2 fully saturated rings. The number of amides is 3. The standard InChI is InChI=1S/C22H31N3O4/c1-15-10-21(2,3)13-22(11-15)19(26)25(20(27)23-22)14-24(4)12-16-5-6-17-18(9-16)29-8-7-28-17/h5-6,9,15H,7-8,10-14H2,1-4H3,(H,23,27)/t15-,22-/m0/s1. The smallest absolute Gasteiger partial charge is 0.326 e. The molecule has 0 aromatic heterocycles. The van der Waals surface area contributed by atoms with E-state index in [2.05, 4.69) is 26.1 Å². The molecule has 7 heteroatoms. The summed E-state index contributed by atoms with van der Waals surface area (Å²) in [5.41, 5.74) is 0.329. The fraction of sp³-hybridized carbons (Fsp3) is 0.636. The summed E-state index contributed by atoms with van der Waals surface area (Å²) in [5.74, 6) is 1.82. The number of nitrogens with one attached hydrogen (secondary N) is 1. The van der Waals surface area contributed by atoms with Crippen molar-refractivity contribution in [1.82, 2.24) is 15.1 Å². The summed E-state index contributed by atoms with van der Waals surface area (Å²) < 4.78 is 11.2. The van der Waals surface area contributed by atoms with Gasteiger partial charge in [-0.2, -0.15) is 0 Å². The lowest BCUT2D eigenvalue weighted by Gasteiger charge is -2.43. The maximum Gasteiger partial charge on any atom is 0.326 e. The van der Waals surface area contributed by atoms with Crippen molar-refractivity contribution < 1.29 is 19.1 Å². The number of urea groups is 1. The van der Waals surface area contributed by atoms with E-state index >= 15 is 0 Å². The Balaban J connectivity index is 1.44. The quantitative estimate of drug-likeness (QED) is 0.786. The molecule has 2 aliphatic heterocycles. The van der Waals surface area contributed by atoms with Crippen LogP contribution in [0.1, 0.15) is 45.6 Å². The summed E-state index contributed by atoms with van der Waals surface area (Å²) in [4.78, 5) is 29.3. The van der Waals surface area contributed by atoms with Crippen LogP contribution >= 0.6 is 0 Å². The third-order valence-electron chi connectivity index (χ3n) is 6.07. The summed E-state index contributed by atoms with van der Waals surface area (Å²) in [5, 5.41) is 3.04. The molecule has 0 radical (unpaired) electrons. The Bertz CT molecular complexity index is 824. The minimum atomic E-state index is -0.754. The van der Waals surface area contributed by atoms with Gasteiger partial charge in [-0.15, -0.1) is 0 Å². The molecule has 3 amide bonds. The maximum absolute atomic E-state index is 13.3. The van der Waals surface area contributed by atoms with Crippen LogP contribution in [0.5, 0.6) is 11.5 Å². The van der Waals surface area contributed by atoms with Gasteiger partial charge in [0.05, 0.1) is 6.67 Å². The first-order valence-electron chi connectivity index (χ1n) is 10.4. The molecule has 1 spiro atoms. The van der Waals surface area contributed by atoms with Crippen molar-refractivity contribution in [3.05, 3.63) is 23.8 Å². The molecular weight excluding hydrogens is 370 g/mol. The van der Waals surface area contributed by atoms with Crippen molar-refractivity contribution in [2.24, 2.45) is 11.3 Å². The van der Waals surface area contributed by atoms with Crippen molar-refractivity contribution in [2.45, 2.75) is 52.1 Å². The van der Waals surface area contributed by atoms with E-state index in [4.69, 9.17) is 9.47 Å². The van der Waals surface area contributed by atoms with E-state index in [0.717, 1.165) is 23.5 Å². The third-order valence-corrected chi connectivity index (χ3v) is 6.07. The largest absolute Gasteiger partial charge is 0.486 e. The Kier molecular flexibility index (Phi) is 4.97. The van der Waals surface area contributed by atoms with Crippen molar-refractivity contribution in [3.63, 3.8) is 0 Å². The van der Waals surface area contributed by atoms with Crippen LogP contribution in [0.15, 0.2) is 18.2 Å². The Morgan fingerprint density at radius 1 is 1.17 bits per heavy atom. The molecule has 1 N–H and O–H groups in total. The summed E-state index contributed by atoms with van der Waals surface area (Å²) in [6.07, 6.45) is 2.47. The van der Waals surface area contributed by atoms with Crippen LogP contribution in [0, 0.1) is 11.3 Å².